The average Bonchev–Trinajstić information content (AvgIpc) is 2.45. The molecule has 5 nitrogen and oxygen atoms in total. The van der Waals surface area contributed by atoms with Crippen LogP contribution in [-0.2, 0) is 0 Å². The number of nitrogens with zero attached hydrogens (tertiary/aromatic N) is 2. The zero-order valence-electron chi connectivity index (χ0n) is 5.61. The highest BCUT2D eigenvalue weighted by Gasteiger charge is 1.99. The Bertz CT molecular complexity index is 441. The van der Waals surface area contributed by atoms with Crippen LogP contribution in [-0.4, -0.2) is 14.6 Å². The van der Waals surface area contributed by atoms with Crippen molar-refractivity contribution in [1.29, 1.82) is 0 Å². The van der Waals surface area contributed by atoms with E-state index in [1.54, 1.807) is 12.3 Å². The van der Waals surface area contributed by atoms with E-state index in [1.807, 2.05) is 0 Å². The fourth-order valence-electron chi connectivity index (χ4n) is 0.910. The Morgan fingerprint density at radius 3 is 3.27 bits per heavy atom. The van der Waals surface area contributed by atoms with Crippen molar-refractivity contribution in [2.24, 2.45) is 0 Å². The molecule has 0 bridgehead atoms. The molecule has 2 heterocycles. The van der Waals surface area contributed by atoms with Crippen LogP contribution in [0.25, 0.3) is 5.65 Å². The summed E-state index contributed by atoms with van der Waals surface area (Å²) >= 11 is 0. The molecule has 0 atom stereocenters. The molecule has 0 aliphatic carbocycles. The van der Waals surface area contributed by atoms with Crippen molar-refractivity contribution < 1.29 is 0 Å². The van der Waals surface area contributed by atoms with Crippen LogP contribution in [0, 0.1) is 0 Å². The zero-order chi connectivity index (χ0) is 7.84. The van der Waals surface area contributed by atoms with Gasteiger partial charge in [0.2, 0.25) is 0 Å². The van der Waals surface area contributed by atoms with E-state index < -0.39 is 0 Å². The van der Waals surface area contributed by atoms with Gasteiger partial charge in [-0.1, -0.05) is 0 Å². The van der Waals surface area contributed by atoms with Gasteiger partial charge in [-0.2, -0.15) is 4.52 Å². The normalized spacial score (nSPS) is 10.5. The van der Waals surface area contributed by atoms with Crippen molar-refractivity contribution >= 4 is 11.3 Å². The van der Waals surface area contributed by atoms with Gasteiger partial charge < -0.3 is 5.73 Å². The third kappa shape index (κ3) is 0.706. The summed E-state index contributed by atoms with van der Waals surface area (Å²) in [4.78, 5) is 15.1. The molecule has 2 rings (SSSR count). The van der Waals surface area contributed by atoms with Crippen molar-refractivity contribution in [2.45, 2.75) is 0 Å². The summed E-state index contributed by atoms with van der Waals surface area (Å²) in [6.45, 7) is 0. The standard InChI is InChI=1S/C6H6N4O/c7-4-3-8-5-1-2-9-10(5)6(4)11/h1-3,9H,7H2. The van der Waals surface area contributed by atoms with Crippen molar-refractivity contribution in [3.63, 3.8) is 0 Å². The Hall–Kier alpha value is -1.78. The van der Waals surface area contributed by atoms with Crippen molar-refractivity contribution in [3.8, 4) is 0 Å². The number of hydrogen-bond donors (Lipinski definition) is 2. The Labute approximate surface area is 61.5 Å². The summed E-state index contributed by atoms with van der Waals surface area (Å²) in [6, 6.07) is 1.70. The smallest absolute Gasteiger partial charge is 0.295 e. The summed E-state index contributed by atoms with van der Waals surface area (Å²) in [5, 5.41) is 2.69. The quantitative estimate of drug-likeness (QED) is 0.536. The molecule has 5 heteroatoms. The van der Waals surface area contributed by atoms with Gasteiger partial charge in [0.1, 0.15) is 5.69 Å². The molecule has 11 heavy (non-hydrogen) atoms. The van der Waals surface area contributed by atoms with Crippen LogP contribution in [0.5, 0.6) is 0 Å². The fourth-order valence-corrected chi connectivity index (χ4v) is 0.910. The van der Waals surface area contributed by atoms with Crippen LogP contribution < -0.4 is 11.3 Å². The molecule has 0 amide bonds. The second kappa shape index (κ2) is 1.85. The number of fused-ring (bicyclic) bond motifs is 1. The van der Waals surface area contributed by atoms with Crippen LogP contribution in [0.1, 0.15) is 0 Å². The first-order chi connectivity index (χ1) is 5.29. The monoisotopic (exact) mass is 150 g/mol. The zero-order valence-corrected chi connectivity index (χ0v) is 5.61. The van der Waals surface area contributed by atoms with Crippen LogP contribution in [0.15, 0.2) is 23.3 Å². The molecule has 3 N–H and O–H groups in total. The highest BCUT2D eigenvalue weighted by molar-refractivity contribution is 5.42. The molecule has 0 fully saturated rings. The first-order valence-electron chi connectivity index (χ1n) is 3.09. The maximum absolute atomic E-state index is 11.2. The maximum atomic E-state index is 11.2. The van der Waals surface area contributed by atoms with Gasteiger partial charge in [0.25, 0.3) is 5.56 Å². The molecule has 0 aromatic carbocycles. The SMILES string of the molecule is Nc1cnc2cc[nH]n2c1=O. The van der Waals surface area contributed by atoms with Gasteiger partial charge in [-0.25, -0.2) is 4.98 Å². The minimum absolute atomic E-state index is 0.143. The maximum Gasteiger partial charge on any atom is 0.295 e. The van der Waals surface area contributed by atoms with E-state index in [1.165, 1.54) is 10.7 Å². The first kappa shape index (κ1) is 5.96. The van der Waals surface area contributed by atoms with E-state index in [0.717, 1.165) is 0 Å². The number of rotatable bonds is 0. The van der Waals surface area contributed by atoms with E-state index in [4.69, 9.17) is 5.73 Å². The predicted molar refractivity (Wildman–Crippen MR) is 40.2 cm³/mol. The predicted octanol–water partition coefficient (Wildman–Crippen LogP) is -0.395. The van der Waals surface area contributed by atoms with Crippen molar-refractivity contribution in [3.05, 3.63) is 28.8 Å². The van der Waals surface area contributed by atoms with Gasteiger partial charge in [0, 0.05) is 12.3 Å². The number of aromatic amines is 1. The summed E-state index contributed by atoms with van der Waals surface area (Å²) in [5.41, 5.74) is 5.78. The van der Waals surface area contributed by atoms with Gasteiger partial charge in [-0.05, 0) is 0 Å². The van der Waals surface area contributed by atoms with Crippen LogP contribution in [0.4, 0.5) is 5.69 Å². The molecule has 0 unspecified atom stereocenters. The molecule has 56 valence electrons. The van der Waals surface area contributed by atoms with Gasteiger partial charge in [0.05, 0.1) is 6.20 Å². The van der Waals surface area contributed by atoms with Gasteiger partial charge >= 0.3 is 0 Å². The minimum atomic E-state index is -0.264. The molecule has 0 saturated carbocycles. The Morgan fingerprint density at radius 1 is 1.64 bits per heavy atom. The Kier molecular flexibility index (Phi) is 1.00. The van der Waals surface area contributed by atoms with Crippen LogP contribution in [0.2, 0.25) is 0 Å². The Balaban J connectivity index is 3.05. The van der Waals surface area contributed by atoms with Gasteiger partial charge in [0.15, 0.2) is 5.65 Å². The summed E-state index contributed by atoms with van der Waals surface area (Å²) in [6.07, 6.45) is 2.98. The lowest BCUT2D eigenvalue weighted by Gasteiger charge is -1.92. The van der Waals surface area contributed by atoms with Crippen molar-refractivity contribution in [2.75, 3.05) is 5.73 Å². The average molecular weight is 150 g/mol. The van der Waals surface area contributed by atoms with E-state index in [2.05, 4.69) is 10.1 Å². The van der Waals surface area contributed by atoms with E-state index in [0.29, 0.717) is 5.65 Å². The third-order valence-electron chi connectivity index (χ3n) is 1.45. The molecule has 0 spiro atoms. The fraction of sp³-hybridized carbons (Fsp3) is 0. The molecule has 2 aromatic heterocycles. The third-order valence-corrected chi connectivity index (χ3v) is 1.45. The van der Waals surface area contributed by atoms with E-state index in [9.17, 15) is 4.79 Å². The molecule has 0 saturated heterocycles. The van der Waals surface area contributed by atoms with Crippen LogP contribution in [0.3, 0.4) is 0 Å². The number of anilines is 1. The number of hydrogen-bond acceptors (Lipinski definition) is 3. The lowest BCUT2D eigenvalue weighted by molar-refractivity contribution is 0.903. The number of nitrogens with one attached hydrogen (secondary N) is 1. The molecule has 0 aliphatic heterocycles. The number of nitrogens with two attached hydrogens (primary N) is 1. The molecular formula is C6H6N4O. The first-order valence-corrected chi connectivity index (χ1v) is 3.09. The highest BCUT2D eigenvalue weighted by atomic mass is 16.1. The largest absolute Gasteiger partial charge is 0.393 e. The molecule has 0 radical (unpaired) electrons. The lowest BCUT2D eigenvalue weighted by Crippen LogP contribution is -2.18. The van der Waals surface area contributed by atoms with E-state index >= 15 is 0 Å². The summed E-state index contributed by atoms with van der Waals surface area (Å²) in [7, 11) is 0. The Morgan fingerprint density at radius 2 is 2.45 bits per heavy atom. The van der Waals surface area contributed by atoms with Gasteiger partial charge in [-0.3, -0.25) is 9.89 Å². The highest BCUT2D eigenvalue weighted by Crippen LogP contribution is 1.94. The number of aromatic nitrogens is 3. The summed E-state index contributed by atoms with van der Waals surface area (Å²) in [5.74, 6) is 0. The topological polar surface area (TPSA) is 76.2 Å². The second-order valence-electron chi connectivity index (χ2n) is 2.17. The lowest BCUT2D eigenvalue weighted by atomic mass is 10.5. The summed E-state index contributed by atoms with van der Waals surface area (Å²) < 4.78 is 1.29. The molecule has 2 aromatic rings. The molecule has 0 aliphatic rings. The number of H-pyrrole nitrogens is 1. The van der Waals surface area contributed by atoms with E-state index in [-0.39, 0.29) is 11.2 Å². The van der Waals surface area contributed by atoms with Gasteiger partial charge in [-0.15, -0.1) is 0 Å². The molecular weight excluding hydrogens is 144 g/mol. The van der Waals surface area contributed by atoms with Crippen molar-refractivity contribution in [1.82, 2.24) is 14.6 Å². The minimum Gasteiger partial charge on any atom is -0.393 e. The second-order valence-corrected chi connectivity index (χ2v) is 2.17. The van der Waals surface area contributed by atoms with Crippen LogP contribution >= 0.6 is 0 Å². The number of nitrogen functional groups attached to an aromatic ring is 1.